The van der Waals surface area contributed by atoms with E-state index in [1.165, 1.54) is 23.8 Å². The van der Waals surface area contributed by atoms with Crippen LogP contribution in [-0.2, 0) is 7.05 Å². The Morgan fingerprint density at radius 3 is 2.54 bits per heavy atom. The summed E-state index contributed by atoms with van der Waals surface area (Å²) in [5.41, 5.74) is -0.0543. The Bertz CT molecular complexity index is 765. The summed E-state index contributed by atoms with van der Waals surface area (Å²) in [5.74, 6) is -0.749. The number of carbonyl (C=O) groups excluding carboxylic acids is 1. The number of aromatic hydroxyl groups is 1. The van der Waals surface area contributed by atoms with Gasteiger partial charge in [0.05, 0.1) is 5.52 Å². The van der Waals surface area contributed by atoms with Gasteiger partial charge in [0.2, 0.25) is 0 Å². The lowest BCUT2D eigenvalue weighted by Gasteiger charge is -2.11. The fourth-order valence-corrected chi connectivity index (χ4v) is 2.88. The fraction of sp³-hybridized carbons (Fsp3) is 0.474. The zero-order valence-corrected chi connectivity index (χ0v) is 14.5. The molecule has 5 nitrogen and oxygen atoms in total. The Labute approximate surface area is 142 Å². The standard InChI is InChI=1S/C19H26N2O3/c1-3-4-5-6-7-10-13-20-18(23)16-17(22)14-11-8-9-12-15(14)21(2)19(16)24/h8-9,11-12,22H,3-7,10,13H2,1-2H3,(H,20,23). The summed E-state index contributed by atoms with van der Waals surface area (Å²) < 4.78 is 1.40. The van der Waals surface area contributed by atoms with E-state index in [4.69, 9.17) is 0 Å². The molecule has 130 valence electrons. The van der Waals surface area contributed by atoms with E-state index in [-0.39, 0.29) is 11.3 Å². The van der Waals surface area contributed by atoms with Crippen LogP contribution in [0.3, 0.4) is 0 Å². The van der Waals surface area contributed by atoms with E-state index in [2.05, 4.69) is 12.2 Å². The molecule has 1 aromatic carbocycles. The Morgan fingerprint density at radius 2 is 1.79 bits per heavy atom. The first kappa shape index (κ1) is 18.0. The molecule has 0 radical (unpaired) electrons. The molecule has 0 saturated heterocycles. The largest absolute Gasteiger partial charge is 0.506 e. The summed E-state index contributed by atoms with van der Waals surface area (Å²) in [4.78, 5) is 24.7. The van der Waals surface area contributed by atoms with Gasteiger partial charge in [0.25, 0.3) is 11.5 Å². The highest BCUT2D eigenvalue weighted by atomic mass is 16.3. The topological polar surface area (TPSA) is 71.3 Å². The quantitative estimate of drug-likeness (QED) is 0.729. The van der Waals surface area contributed by atoms with Crippen LogP contribution in [0.2, 0.25) is 0 Å². The van der Waals surface area contributed by atoms with Crippen molar-refractivity contribution in [1.82, 2.24) is 9.88 Å². The van der Waals surface area contributed by atoms with Crippen LogP contribution in [0.15, 0.2) is 29.1 Å². The van der Waals surface area contributed by atoms with Crippen molar-refractivity contribution in [2.24, 2.45) is 7.05 Å². The van der Waals surface area contributed by atoms with E-state index in [0.29, 0.717) is 17.4 Å². The van der Waals surface area contributed by atoms with Crippen molar-refractivity contribution in [3.8, 4) is 5.75 Å². The van der Waals surface area contributed by atoms with Crippen molar-refractivity contribution in [2.75, 3.05) is 6.54 Å². The molecule has 2 rings (SSSR count). The normalized spacial score (nSPS) is 10.9. The van der Waals surface area contributed by atoms with Crippen LogP contribution >= 0.6 is 0 Å². The predicted molar refractivity (Wildman–Crippen MR) is 96.6 cm³/mol. The number of pyridine rings is 1. The number of benzene rings is 1. The summed E-state index contributed by atoms with van der Waals surface area (Å²) in [6.45, 7) is 2.69. The minimum absolute atomic E-state index is 0.179. The molecule has 2 N–H and O–H groups in total. The number of amides is 1. The minimum atomic E-state index is -0.507. The van der Waals surface area contributed by atoms with Crippen molar-refractivity contribution < 1.29 is 9.90 Å². The molecule has 0 fully saturated rings. The molecule has 0 bridgehead atoms. The van der Waals surface area contributed by atoms with Gasteiger partial charge in [-0.25, -0.2) is 0 Å². The van der Waals surface area contributed by atoms with E-state index in [9.17, 15) is 14.7 Å². The maximum absolute atomic E-state index is 12.4. The molecule has 0 saturated carbocycles. The summed E-state index contributed by atoms with van der Waals surface area (Å²) in [6, 6.07) is 7.01. The second-order valence-electron chi connectivity index (χ2n) is 6.13. The first-order valence-corrected chi connectivity index (χ1v) is 8.66. The highest BCUT2D eigenvalue weighted by molar-refractivity contribution is 6.02. The molecular weight excluding hydrogens is 304 g/mol. The summed E-state index contributed by atoms with van der Waals surface area (Å²) >= 11 is 0. The number of hydrogen-bond donors (Lipinski definition) is 2. The van der Waals surface area contributed by atoms with Crippen molar-refractivity contribution in [2.45, 2.75) is 45.4 Å². The van der Waals surface area contributed by atoms with Crippen LogP contribution in [0.25, 0.3) is 10.9 Å². The number of nitrogens with one attached hydrogen (secondary N) is 1. The van der Waals surface area contributed by atoms with Gasteiger partial charge >= 0.3 is 0 Å². The molecule has 0 aliphatic rings. The van der Waals surface area contributed by atoms with E-state index in [0.717, 1.165) is 19.3 Å². The third-order valence-electron chi connectivity index (χ3n) is 4.32. The Hall–Kier alpha value is -2.30. The number of unbranched alkanes of at least 4 members (excludes halogenated alkanes) is 5. The summed E-state index contributed by atoms with van der Waals surface area (Å²) in [6.07, 6.45) is 6.77. The zero-order chi connectivity index (χ0) is 17.5. The fourth-order valence-electron chi connectivity index (χ4n) is 2.88. The van der Waals surface area contributed by atoms with E-state index < -0.39 is 11.5 Å². The van der Waals surface area contributed by atoms with E-state index in [1.807, 2.05) is 0 Å². The molecule has 0 aliphatic heterocycles. The van der Waals surface area contributed by atoms with E-state index in [1.54, 1.807) is 31.3 Å². The molecule has 1 amide bonds. The summed E-state index contributed by atoms with van der Waals surface area (Å²) in [5, 5.41) is 13.6. The number of hydrogen-bond acceptors (Lipinski definition) is 3. The first-order chi connectivity index (χ1) is 11.6. The number of carbonyl (C=O) groups is 1. The molecule has 0 atom stereocenters. The molecule has 0 aliphatic carbocycles. The second kappa shape index (κ2) is 8.52. The molecule has 1 heterocycles. The smallest absolute Gasteiger partial charge is 0.267 e. The molecule has 0 unspecified atom stereocenters. The number of fused-ring (bicyclic) bond motifs is 1. The SMILES string of the molecule is CCCCCCCCNC(=O)c1c(O)c2ccccc2n(C)c1=O. The van der Waals surface area contributed by atoms with Gasteiger partial charge in [-0.05, 0) is 18.6 Å². The monoisotopic (exact) mass is 330 g/mol. The third kappa shape index (κ3) is 3.96. The van der Waals surface area contributed by atoms with Crippen LogP contribution in [0.5, 0.6) is 5.75 Å². The van der Waals surface area contributed by atoms with Crippen LogP contribution in [0.4, 0.5) is 0 Å². The molecule has 0 spiro atoms. The molecule has 2 aromatic rings. The Balaban J connectivity index is 2.06. The van der Waals surface area contributed by atoms with Crippen LogP contribution in [0.1, 0.15) is 55.8 Å². The van der Waals surface area contributed by atoms with Crippen molar-refractivity contribution in [3.63, 3.8) is 0 Å². The van der Waals surface area contributed by atoms with Gasteiger partial charge in [0, 0.05) is 19.0 Å². The Morgan fingerprint density at radius 1 is 1.12 bits per heavy atom. The molecule has 5 heteroatoms. The molecule has 24 heavy (non-hydrogen) atoms. The Kier molecular flexibility index (Phi) is 6.41. The number of para-hydroxylation sites is 1. The van der Waals surface area contributed by atoms with Gasteiger partial charge in [-0.1, -0.05) is 51.2 Å². The minimum Gasteiger partial charge on any atom is -0.506 e. The van der Waals surface area contributed by atoms with Crippen molar-refractivity contribution in [1.29, 1.82) is 0 Å². The average molecular weight is 330 g/mol. The number of aromatic nitrogens is 1. The maximum Gasteiger partial charge on any atom is 0.267 e. The van der Waals surface area contributed by atoms with Gasteiger partial charge < -0.3 is 15.0 Å². The van der Waals surface area contributed by atoms with Crippen LogP contribution < -0.4 is 10.9 Å². The van der Waals surface area contributed by atoms with Gasteiger partial charge in [0.1, 0.15) is 11.3 Å². The molecule has 1 aromatic heterocycles. The lowest BCUT2D eigenvalue weighted by molar-refractivity contribution is 0.0948. The highest BCUT2D eigenvalue weighted by Crippen LogP contribution is 2.25. The first-order valence-electron chi connectivity index (χ1n) is 8.66. The predicted octanol–water partition coefficient (Wildman–Crippen LogP) is 3.33. The number of nitrogens with zero attached hydrogens (tertiary/aromatic N) is 1. The highest BCUT2D eigenvalue weighted by Gasteiger charge is 2.20. The molecular formula is C19H26N2O3. The van der Waals surface area contributed by atoms with Crippen LogP contribution in [0, 0.1) is 0 Å². The van der Waals surface area contributed by atoms with Crippen molar-refractivity contribution >= 4 is 16.8 Å². The second-order valence-corrected chi connectivity index (χ2v) is 6.13. The number of rotatable bonds is 8. The third-order valence-corrected chi connectivity index (χ3v) is 4.32. The van der Waals surface area contributed by atoms with Gasteiger partial charge in [0.15, 0.2) is 0 Å². The summed E-state index contributed by atoms with van der Waals surface area (Å²) in [7, 11) is 1.61. The van der Waals surface area contributed by atoms with Crippen molar-refractivity contribution in [3.05, 3.63) is 40.2 Å². The van der Waals surface area contributed by atoms with Gasteiger partial charge in [-0.3, -0.25) is 9.59 Å². The lowest BCUT2D eigenvalue weighted by atomic mass is 10.1. The van der Waals surface area contributed by atoms with E-state index >= 15 is 0 Å². The number of aryl methyl sites for hydroxylation is 1. The lowest BCUT2D eigenvalue weighted by Crippen LogP contribution is -2.33. The zero-order valence-electron chi connectivity index (χ0n) is 14.5. The van der Waals surface area contributed by atoms with Crippen LogP contribution in [-0.4, -0.2) is 22.1 Å². The average Bonchev–Trinajstić information content (AvgIpc) is 2.59. The maximum atomic E-state index is 12.4. The van der Waals surface area contributed by atoms with Gasteiger partial charge in [-0.2, -0.15) is 0 Å². The van der Waals surface area contributed by atoms with Gasteiger partial charge in [-0.15, -0.1) is 0 Å².